The Kier molecular flexibility index (Phi) is 6.43. The fourth-order valence-electron chi connectivity index (χ4n) is 4.05. The number of nitrogens with one attached hydrogen (secondary N) is 1. The van der Waals surface area contributed by atoms with Crippen molar-refractivity contribution in [3.8, 4) is 5.82 Å². The van der Waals surface area contributed by atoms with Crippen LogP contribution in [0.3, 0.4) is 0 Å². The minimum Gasteiger partial charge on any atom is -0.356 e. The van der Waals surface area contributed by atoms with E-state index in [4.69, 9.17) is 0 Å². The van der Waals surface area contributed by atoms with Crippen molar-refractivity contribution >= 4 is 17.4 Å². The number of amides is 1. The van der Waals surface area contributed by atoms with Crippen LogP contribution in [0, 0.1) is 25.5 Å². The van der Waals surface area contributed by atoms with Crippen molar-refractivity contribution in [3.05, 3.63) is 59.2 Å². The molecule has 0 unspecified atom stereocenters. The number of aryl methyl sites for hydroxylation is 1. The maximum atomic E-state index is 13.8. The number of hydrogen-bond acceptors (Lipinski definition) is 5. The Morgan fingerprint density at radius 2 is 1.81 bits per heavy atom. The highest BCUT2D eigenvalue weighted by Gasteiger charge is 2.18. The zero-order chi connectivity index (χ0) is 22.7. The van der Waals surface area contributed by atoms with Gasteiger partial charge in [-0.25, -0.2) is 23.4 Å². The number of nitrogens with zero attached hydrogens (tertiary/aromatic N) is 5. The summed E-state index contributed by atoms with van der Waals surface area (Å²) in [5, 5.41) is 7.06. The molecule has 4 rings (SSSR count). The summed E-state index contributed by atoms with van der Waals surface area (Å²) in [5.41, 5.74) is 2.45. The van der Waals surface area contributed by atoms with Crippen molar-refractivity contribution in [2.24, 2.45) is 0 Å². The summed E-state index contributed by atoms with van der Waals surface area (Å²) in [4.78, 5) is 23.4. The first-order chi connectivity index (χ1) is 15.4. The zero-order valence-electron chi connectivity index (χ0n) is 18.2. The van der Waals surface area contributed by atoms with Gasteiger partial charge < -0.3 is 10.2 Å². The molecule has 9 heteroatoms. The molecule has 1 aliphatic heterocycles. The summed E-state index contributed by atoms with van der Waals surface area (Å²) >= 11 is 0. The van der Waals surface area contributed by atoms with E-state index in [0.29, 0.717) is 12.2 Å². The van der Waals surface area contributed by atoms with Crippen LogP contribution in [0.4, 0.5) is 20.3 Å². The second-order valence-electron chi connectivity index (χ2n) is 8.02. The highest BCUT2D eigenvalue weighted by Crippen LogP contribution is 2.23. The average molecular weight is 440 g/mol. The minimum absolute atomic E-state index is 0.117. The van der Waals surface area contributed by atoms with E-state index in [-0.39, 0.29) is 12.1 Å². The van der Waals surface area contributed by atoms with Crippen molar-refractivity contribution in [2.45, 2.75) is 46.0 Å². The predicted octanol–water partition coefficient (Wildman–Crippen LogP) is 4.12. The van der Waals surface area contributed by atoms with E-state index in [9.17, 15) is 13.6 Å². The summed E-state index contributed by atoms with van der Waals surface area (Å²) in [5.74, 6) is -0.105. The van der Waals surface area contributed by atoms with Gasteiger partial charge in [-0.05, 0) is 57.2 Å². The lowest BCUT2D eigenvalue weighted by Gasteiger charge is -2.27. The number of carbonyl (C=O) groups is 1. The molecule has 1 aromatic carbocycles. The fraction of sp³-hybridized carbons (Fsp3) is 0.391. The van der Waals surface area contributed by atoms with Crippen LogP contribution in [0.15, 0.2) is 30.6 Å². The first-order valence-electron chi connectivity index (χ1n) is 10.8. The molecule has 1 fully saturated rings. The Hall–Kier alpha value is -3.36. The number of rotatable bonds is 6. The van der Waals surface area contributed by atoms with Gasteiger partial charge in [0, 0.05) is 37.3 Å². The Morgan fingerprint density at radius 1 is 1.06 bits per heavy atom. The minimum atomic E-state index is -0.673. The molecule has 0 spiro atoms. The van der Waals surface area contributed by atoms with Gasteiger partial charge in [0.15, 0.2) is 5.82 Å². The van der Waals surface area contributed by atoms with Crippen LogP contribution in [0.25, 0.3) is 5.82 Å². The first kappa shape index (κ1) is 21.9. The van der Waals surface area contributed by atoms with Crippen molar-refractivity contribution < 1.29 is 13.6 Å². The summed E-state index contributed by atoms with van der Waals surface area (Å²) in [6.07, 6.45) is 5.65. The molecule has 1 amide bonds. The number of carbonyl (C=O) groups excluding carboxylic acids is 1. The van der Waals surface area contributed by atoms with E-state index in [1.807, 2.05) is 19.9 Å². The largest absolute Gasteiger partial charge is 0.356 e. The third-order valence-corrected chi connectivity index (χ3v) is 5.78. The lowest BCUT2D eigenvalue weighted by atomic mass is 10.1. The van der Waals surface area contributed by atoms with E-state index in [1.165, 1.54) is 6.42 Å². The second kappa shape index (κ2) is 9.42. The van der Waals surface area contributed by atoms with Gasteiger partial charge in [0.25, 0.3) is 0 Å². The van der Waals surface area contributed by atoms with Crippen molar-refractivity contribution in [1.82, 2.24) is 19.7 Å². The molecule has 0 saturated carbocycles. The smallest absolute Gasteiger partial charge is 0.224 e. The van der Waals surface area contributed by atoms with E-state index in [2.05, 4.69) is 25.3 Å². The number of piperidine rings is 1. The standard InChI is InChI=1S/C23H26F2N6O/c1-15-18(7-9-23(32)28-20-12-17(24)6-8-19(20)25)16(2)31(29-15)22-13-21(26-14-27-22)30-10-4-3-5-11-30/h6,8,12-14H,3-5,7,9-11H2,1-2H3,(H,28,32). The highest BCUT2D eigenvalue weighted by atomic mass is 19.1. The Bertz CT molecular complexity index is 1120. The van der Waals surface area contributed by atoms with Gasteiger partial charge in [0.1, 0.15) is 23.8 Å². The molecule has 1 aliphatic rings. The molecule has 32 heavy (non-hydrogen) atoms. The lowest BCUT2D eigenvalue weighted by molar-refractivity contribution is -0.116. The quantitative estimate of drug-likeness (QED) is 0.624. The maximum Gasteiger partial charge on any atom is 0.224 e. The van der Waals surface area contributed by atoms with Gasteiger partial charge in [-0.3, -0.25) is 4.79 Å². The number of anilines is 2. The van der Waals surface area contributed by atoms with Gasteiger partial charge in [-0.2, -0.15) is 5.10 Å². The Balaban J connectivity index is 1.47. The Morgan fingerprint density at radius 3 is 2.59 bits per heavy atom. The number of benzene rings is 1. The van der Waals surface area contributed by atoms with Gasteiger partial charge in [-0.1, -0.05) is 0 Å². The molecule has 3 aromatic rings. The van der Waals surface area contributed by atoms with E-state index < -0.39 is 17.5 Å². The van der Waals surface area contributed by atoms with Crippen LogP contribution < -0.4 is 10.2 Å². The molecule has 7 nitrogen and oxygen atoms in total. The molecular weight excluding hydrogens is 414 g/mol. The second-order valence-corrected chi connectivity index (χ2v) is 8.02. The predicted molar refractivity (Wildman–Crippen MR) is 118 cm³/mol. The lowest BCUT2D eigenvalue weighted by Crippen LogP contribution is -2.30. The van der Waals surface area contributed by atoms with Crippen LogP contribution in [-0.2, 0) is 11.2 Å². The molecule has 0 atom stereocenters. The van der Waals surface area contributed by atoms with Crippen molar-refractivity contribution in [1.29, 1.82) is 0 Å². The fourth-order valence-corrected chi connectivity index (χ4v) is 4.05. The average Bonchev–Trinajstić information content (AvgIpc) is 3.09. The Labute approximate surface area is 185 Å². The van der Waals surface area contributed by atoms with E-state index in [1.54, 1.807) is 11.0 Å². The van der Waals surface area contributed by atoms with Crippen LogP contribution >= 0.6 is 0 Å². The van der Waals surface area contributed by atoms with Crippen LogP contribution in [-0.4, -0.2) is 38.7 Å². The highest BCUT2D eigenvalue weighted by molar-refractivity contribution is 5.91. The summed E-state index contributed by atoms with van der Waals surface area (Å²) in [7, 11) is 0. The summed E-state index contributed by atoms with van der Waals surface area (Å²) in [6.45, 7) is 5.79. The molecule has 1 N–H and O–H groups in total. The molecule has 0 radical (unpaired) electrons. The van der Waals surface area contributed by atoms with Gasteiger partial charge >= 0.3 is 0 Å². The monoisotopic (exact) mass is 440 g/mol. The SMILES string of the molecule is Cc1nn(-c2cc(N3CCCCC3)ncn2)c(C)c1CCC(=O)Nc1cc(F)ccc1F. The van der Waals surface area contributed by atoms with E-state index >= 15 is 0 Å². The normalized spacial score (nSPS) is 13.9. The first-order valence-corrected chi connectivity index (χ1v) is 10.8. The van der Waals surface area contributed by atoms with Crippen LogP contribution in [0.5, 0.6) is 0 Å². The topological polar surface area (TPSA) is 75.9 Å². The van der Waals surface area contributed by atoms with Crippen LogP contribution in [0.2, 0.25) is 0 Å². The molecular formula is C23H26F2N6O. The molecule has 0 aliphatic carbocycles. The summed E-state index contributed by atoms with van der Waals surface area (Å²) in [6, 6.07) is 4.91. The van der Waals surface area contributed by atoms with Gasteiger partial charge in [-0.15, -0.1) is 0 Å². The third-order valence-electron chi connectivity index (χ3n) is 5.78. The number of halogens is 2. The van der Waals surface area contributed by atoms with Crippen molar-refractivity contribution in [3.63, 3.8) is 0 Å². The van der Waals surface area contributed by atoms with Crippen LogP contribution in [0.1, 0.15) is 42.6 Å². The molecule has 1 saturated heterocycles. The molecule has 168 valence electrons. The zero-order valence-corrected chi connectivity index (χ0v) is 18.2. The number of hydrogen-bond donors (Lipinski definition) is 1. The van der Waals surface area contributed by atoms with Crippen molar-refractivity contribution in [2.75, 3.05) is 23.3 Å². The van der Waals surface area contributed by atoms with Gasteiger partial charge in [0.05, 0.1) is 11.4 Å². The van der Waals surface area contributed by atoms with E-state index in [0.717, 1.165) is 66.9 Å². The summed E-state index contributed by atoms with van der Waals surface area (Å²) < 4.78 is 28.9. The third kappa shape index (κ3) is 4.76. The number of aromatic nitrogens is 4. The molecule has 3 heterocycles. The molecule has 0 bridgehead atoms. The maximum absolute atomic E-state index is 13.8. The van der Waals surface area contributed by atoms with Gasteiger partial charge in [0.2, 0.25) is 5.91 Å². The molecule has 2 aromatic heterocycles.